The lowest BCUT2D eigenvalue weighted by Crippen LogP contribution is -2.12. The minimum Gasteiger partial charge on any atom is -0.490 e. The fourth-order valence-electron chi connectivity index (χ4n) is 1.32. The number of carbonyl (C=O) groups is 1. The first-order chi connectivity index (χ1) is 8.21. The molecule has 5 heteroatoms. The molecule has 0 aromatic heterocycles. The molecule has 0 atom stereocenters. The molecule has 1 amide bonds. The van der Waals surface area contributed by atoms with E-state index in [1.54, 1.807) is 18.2 Å². The summed E-state index contributed by atoms with van der Waals surface area (Å²) in [5.74, 6) is 0.954. The Balaban J connectivity index is 2.88. The van der Waals surface area contributed by atoms with Crippen molar-refractivity contribution in [3.63, 3.8) is 0 Å². The number of anilines is 1. The van der Waals surface area contributed by atoms with Crippen LogP contribution in [0.1, 0.15) is 13.8 Å². The van der Waals surface area contributed by atoms with E-state index in [0.29, 0.717) is 30.4 Å². The number of rotatable bonds is 6. The Hall–Kier alpha value is -1.42. The molecule has 0 aliphatic rings. The zero-order valence-electron chi connectivity index (χ0n) is 9.96. The lowest BCUT2D eigenvalue weighted by atomic mass is 10.2. The van der Waals surface area contributed by atoms with E-state index in [2.05, 4.69) is 5.32 Å². The second-order valence-electron chi connectivity index (χ2n) is 3.21. The third-order valence-corrected chi connectivity index (χ3v) is 2.19. The molecule has 1 aromatic rings. The normalized spacial score (nSPS) is 9.82. The molecular formula is C12H16ClNO3. The maximum atomic E-state index is 11.1. The van der Waals surface area contributed by atoms with Crippen LogP contribution in [0.2, 0.25) is 0 Å². The Morgan fingerprint density at radius 3 is 2.47 bits per heavy atom. The van der Waals surface area contributed by atoms with Gasteiger partial charge in [-0.25, -0.2) is 0 Å². The molecule has 0 heterocycles. The van der Waals surface area contributed by atoms with Crippen molar-refractivity contribution in [3.8, 4) is 11.5 Å². The van der Waals surface area contributed by atoms with Gasteiger partial charge in [0.15, 0.2) is 11.5 Å². The fraction of sp³-hybridized carbons (Fsp3) is 0.417. The van der Waals surface area contributed by atoms with E-state index in [1.165, 1.54) is 0 Å². The van der Waals surface area contributed by atoms with Gasteiger partial charge in [-0.15, -0.1) is 11.6 Å². The molecule has 0 saturated heterocycles. The molecule has 0 bridgehead atoms. The molecule has 0 aliphatic heterocycles. The van der Waals surface area contributed by atoms with Gasteiger partial charge in [0.1, 0.15) is 5.88 Å². The van der Waals surface area contributed by atoms with Gasteiger partial charge < -0.3 is 14.8 Å². The van der Waals surface area contributed by atoms with Gasteiger partial charge in [-0.1, -0.05) is 0 Å². The summed E-state index contributed by atoms with van der Waals surface area (Å²) in [4.78, 5) is 11.1. The van der Waals surface area contributed by atoms with Crippen LogP contribution < -0.4 is 14.8 Å². The minimum atomic E-state index is -0.252. The standard InChI is InChI=1S/C12H16ClNO3/c1-3-16-10-6-5-9(14-12(15)8-13)7-11(10)17-4-2/h5-7H,3-4,8H2,1-2H3,(H,14,15). The second kappa shape index (κ2) is 7.01. The predicted octanol–water partition coefficient (Wildman–Crippen LogP) is 2.66. The van der Waals surface area contributed by atoms with E-state index in [0.717, 1.165) is 0 Å². The molecule has 0 saturated carbocycles. The van der Waals surface area contributed by atoms with Crippen molar-refractivity contribution in [3.05, 3.63) is 18.2 Å². The van der Waals surface area contributed by atoms with E-state index in [-0.39, 0.29) is 11.8 Å². The van der Waals surface area contributed by atoms with E-state index in [9.17, 15) is 4.79 Å². The van der Waals surface area contributed by atoms with Gasteiger partial charge in [0.2, 0.25) is 5.91 Å². The average molecular weight is 258 g/mol. The van der Waals surface area contributed by atoms with Crippen LogP contribution in [-0.4, -0.2) is 25.0 Å². The van der Waals surface area contributed by atoms with Gasteiger partial charge in [-0.05, 0) is 26.0 Å². The lowest BCUT2D eigenvalue weighted by molar-refractivity contribution is -0.113. The van der Waals surface area contributed by atoms with Crippen LogP contribution >= 0.6 is 11.6 Å². The quantitative estimate of drug-likeness (QED) is 0.797. The summed E-state index contributed by atoms with van der Waals surface area (Å²) < 4.78 is 10.8. The van der Waals surface area contributed by atoms with Crippen LogP contribution in [-0.2, 0) is 4.79 Å². The van der Waals surface area contributed by atoms with Crippen molar-refractivity contribution in [2.24, 2.45) is 0 Å². The Kier molecular flexibility index (Phi) is 5.63. The van der Waals surface area contributed by atoms with Gasteiger partial charge in [-0.3, -0.25) is 4.79 Å². The SMILES string of the molecule is CCOc1ccc(NC(=O)CCl)cc1OCC. The second-order valence-corrected chi connectivity index (χ2v) is 3.48. The number of benzene rings is 1. The van der Waals surface area contributed by atoms with Crippen LogP contribution in [0, 0.1) is 0 Å². The van der Waals surface area contributed by atoms with E-state index >= 15 is 0 Å². The van der Waals surface area contributed by atoms with Crippen molar-refractivity contribution in [1.82, 2.24) is 0 Å². The molecule has 0 radical (unpaired) electrons. The molecule has 94 valence electrons. The molecule has 0 fully saturated rings. The van der Waals surface area contributed by atoms with Crippen molar-refractivity contribution >= 4 is 23.2 Å². The molecule has 0 spiro atoms. The van der Waals surface area contributed by atoms with Gasteiger partial charge in [0.05, 0.1) is 13.2 Å². The fourth-order valence-corrected chi connectivity index (χ4v) is 1.39. The molecular weight excluding hydrogens is 242 g/mol. The lowest BCUT2D eigenvalue weighted by Gasteiger charge is -2.12. The monoisotopic (exact) mass is 257 g/mol. The number of nitrogens with one attached hydrogen (secondary N) is 1. The minimum absolute atomic E-state index is 0.0722. The first kappa shape index (κ1) is 13.6. The van der Waals surface area contributed by atoms with Crippen LogP contribution in [0.5, 0.6) is 11.5 Å². The summed E-state index contributed by atoms with van der Waals surface area (Å²) in [7, 11) is 0. The number of halogens is 1. The van der Waals surface area contributed by atoms with Crippen molar-refractivity contribution in [2.75, 3.05) is 24.4 Å². The van der Waals surface area contributed by atoms with Gasteiger partial charge >= 0.3 is 0 Å². The van der Waals surface area contributed by atoms with Crippen molar-refractivity contribution in [2.45, 2.75) is 13.8 Å². The van der Waals surface area contributed by atoms with E-state index < -0.39 is 0 Å². The zero-order chi connectivity index (χ0) is 12.7. The van der Waals surface area contributed by atoms with Crippen molar-refractivity contribution < 1.29 is 14.3 Å². The van der Waals surface area contributed by atoms with Crippen LogP contribution in [0.4, 0.5) is 5.69 Å². The smallest absolute Gasteiger partial charge is 0.239 e. The molecule has 4 nitrogen and oxygen atoms in total. The molecule has 1 rings (SSSR count). The molecule has 0 unspecified atom stereocenters. The van der Waals surface area contributed by atoms with Crippen LogP contribution in [0.15, 0.2) is 18.2 Å². The van der Waals surface area contributed by atoms with Gasteiger partial charge in [-0.2, -0.15) is 0 Å². The number of alkyl halides is 1. The topological polar surface area (TPSA) is 47.6 Å². The number of carbonyl (C=O) groups excluding carboxylic acids is 1. The Morgan fingerprint density at radius 2 is 1.88 bits per heavy atom. The Bertz CT molecular complexity index is 382. The summed E-state index contributed by atoms with van der Waals surface area (Å²) in [6, 6.07) is 5.23. The first-order valence-corrected chi connectivity index (χ1v) is 6.00. The highest BCUT2D eigenvalue weighted by Crippen LogP contribution is 2.30. The molecule has 0 aliphatic carbocycles. The molecule has 17 heavy (non-hydrogen) atoms. The highest BCUT2D eigenvalue weighted by molar-refractivity contribution is 6.29. The van der Waals surface area contributed by atoms with E-state index in [1.807, 2.05) is 13.8 Å². The highest BCUT2D eigenvalue weighted by atomic mass is 35.5. The average Bonchev–Trinajstić information content (AvgIpc) is 2.33. The van der Waals surface area contributed by atoms with Crippen LogP contribution in [0.25, 0.3) is 0 Å². The highest BCUT2D eigenvalue weighted by Gasteiger charge is 2.07. The molecule has 1 N–H and O–H groups in total. The largest absolute Gasteiger partial charge is 0.490 e. The summed E-state index contributed by atoms with van der Waals surface area (Å²) in [6.07, 6.45) is 0. The maximum Gasteiger partial charge on any atom is 0.239 e. The van der Waals surface area contributed by atoms with Gasteiger partial charge in [0.25, 0.3) is 0 Å². The number of amides is 1. The van der Waals surface area contributed by atoms with Crippen LogP contribution in [0.3, 0.4) is 0 Å². The zero-order valence-corrected chi connectivity index (χ0v) is 10.7. The number of hydrogen-bond donors (Lipinski definition) is 1. The van der Waals surface area contributed by atoms with E-state index in [4.69, 9.17) is 21.1 Å². The number of hydrogen-bond acceptors (Lipinski definition) is 3. The predicted molar refractivity (Wildman–Crippen MR) is 68.1 cm³/mol. The summed E-state index contributed by atoms with van der Waals surface area (Å²) in [6.45, 7) is 4.89. The third-order valence-electron chi connectivity index (χ3n) is 1.95. The Labute approximate surface area is 106 Å². The summed E-state index contributed by atoms with van der Waals surface area (Å²) in [5.41, 5.74) is 0.641. The van der Waals surface area contributed by atoms with Crippen molar-refractivity contribution in [1.29, 1.82) is 0 Å². The first-order valence-electron chi connectivity index (χ1n) is 5.46. The van der Waals surface area contributed by atoms with Gasteiger partial charge in [0, 0.05) is 11.8 Å². The Morgan fingerprint density at radius 1 is 1.24 bits per heavy atom. The molecule has 1 aromatic carbocycles. The maximum absolute atomic E-state index is 11.1. The number of ether oxygens (including phenoxy) is 2. The third kappa shape index (κ3) is 4.15. The summed E-state index contributed by atoms with van der Waals surface area (Å²) in [5, 5.41) is 2.65. The summed E-state index contributed by atoms with van der Waals surface area (Å²) >= 11 is 5.42.